The Morgan fingerprint density at radius 3 is 2.56 bits per heavy atom. The van der Waals surface area contributed by atoms with Gasteiger partial charge in [0.2, 0.25) is 0 Å². The van der Waals surface area contributed by atoms with Crippen LogP contribution in [0.15, 0.2) is 24.7 Å². The van der Waals surface area contributed by atoms with E-state index in [4.69, 9.17) is 5.73 Å². The third-order valence-corrected chi connectivity index (χ3v) is 2.47. The van der Waals surface area contributed by atoms with E-state index in [1.165, 1.54) is 6.20 Å². The van der Waals surface area contributed by atoms with E-state index in [0.717, 1.165) is 28.2 Å². The normalized spacial score (nSPS) is 11.8. The zero-order valence-electron chi connectivity index (χ0n) is 9.57. The maximum Gasteiger partial charge on any atom is 0.419 e. The number of nitrogens with two attached hydrogens (primary N) is 1. The largest absolute Gasteiger partial charge is 0.419 e. The van der Waals surface area contributed by atoms with Crippen LogP contribution in [0.4, 0.5) is 13.2 Å². The highest BCUT2D eigenvalue weighted by atomic mass is 19.4. The van der Waals surface area contributed by atoms with Crippen LogP contribution in [0.5, 0.6) is 0 Å². The van der Waals surface area contributed by atoms with Crippen molar-refractivity contribution in [3.8, 4) is 5.82 Å². The van der Waals surface area contributed by atoms with Crippen LogP contribution in [0, 0.1) is 6.92 Å². The number of aryl methyl sites for hydroxylation is 1. The van der Waals surface area contributed by atoms with Crippen molar-refractivity contribution in [3.63, 3.8) is 0 Å². The number of pyridine rings is 1. The van der Waals surface area contributed by atoms with Crippen LogP contribution >= 0.6 is 0 Å². The van der Waals surface area contributed by atoms with Gasteiger partial charge < -0.3 is 5.73 Å². The smallest absolute Gasteiger partial charge is 0.326 e. The summed E-state index contributed by atoms with van der Waals surface area (Å²) in [5, 5.41) is 3.67. The molecule has 2 aromatic rings. The average molecular weight is 256 g/mol. The van der Waals surface area contributed by atoms with Gasteiger partial charge in [0.25, 0.3) is 0 Å². The van der Waals surface area contributed by atoms with Gasteiger partial charge >= 0.3 is 6.18 Å². The van der Waals surface area contributed by atoms with Crippen LogP contribution < -0.4 is 5.73 Å². The Morgan fingerprint density at radius 1 is 1.33 bits per heavy atom. The molecule has 0 saturated carbocycles. The van der Waals surface area contributed by atoms with Crippen LogP contribution in [-0.2, 0) is 12.7 Å². The third kappa shape index (κ3) is 2.35. The van der Waals surface area contributed by atoms with E-state index in [9.17, 15) is 13.2 Å². The predicted octanol–water partition coefficient (Wildman–Crippen LogP) is 2.05. The van der Waals surface area contributed by atoms with Crippen molar-refractivity contribution in [3.05, 3.63) is 41.3 Å². The van der Waals surface area contributed by atoms with Gasteiger partial charge in [-0.1, -0.05) is 0 Å². The number of aromatic nitrogens is 3. The zero-order chi connectivity index (χ0) is 13.3. The Labute approximate surface area is 101 Å². The summed E-state index contributed by atoms with van der Waals surface area (Å²) >= 11 is 0. The third-order valence-electron chi connectivity index (χ3n) is 2.47. The molecule has 18 heavy (non-hydrogen) atoms. The highest BCUT2D eigenvalue weighted by Crippen LogP contribution is 2.29. The Morgan fingerprint density at radius 2 is 2.06 bits per heavy atom. The predicted molar refractivity (Wildman–Crippen MR) is 59.0 cm³/mol. The Hall–Kier alpha value is -1.89. The minimum Gasteiger partial charge on any atom is -0.326 e. The topological polar surface area (TPSA) is 56.7 Å². The first kappa shape index (κ1) is 12.6. The number of hydrogen-bond acceptors (Lipinski definition) is 3. The summed E-state index contributed by atoms with van der Waals surface area (Å²) in [7, 11) is 0. The molecule has 0 atom stereocenters. The first-order valence-electron chi connectivity index (χ1n) is 5.19. The molecule has 96 valence electrons. The quantitative estimate of drug-likeness (QED) is 0.894. The molecule has 0 aliphatic heterocycles. The second kappa shape index (κ2) is 4.41. The molecule has 4 nitrogen and oxygen atoms in total. The molecule has 0 aliphatic rings. The number of halogens is 3. The average Bonchev–Trinajstić information content (AvgIpc) is 2.77. The fraction of sp³-hybridized carbons (Fsp3) is 0.273. The van der Waals surface area contributed by atoms with E-state index in [2.05, 4.69) is 10.1 Å². The van der Waals surface area contributed by atoms with Gasteiger partial charge in [-0.3, -0.25) is 0 Å². The lowest BCUT2D eigenvalue weighted by Gasteiger charge is -2.06. The minimum atomic E-state index is -4.40. The highest BCUT2D eigenvalue weighted by Gasteiger charge is 2.32. The second-order valence-electron chi connectivity index (χ2n) is 3.86. The summed E-state index contributed by atoms with van der Waals surface area (Å²) in [6, 6.07) is 1.78. The number of rotatable bonds is 2. The molecular weight excluding hydrogens is 245 g/mol. The van der Waals surface area contributed by atoms with Crippen molar-refractivity contribution >= 4 is 0 Å². The summed E-state index contributed by atoms with van der Waals surface area (Å²) in [5.74, 6) is 0.364. The van der Waals surface area contributed by atoms with E-state index in [-0.39, 0.29) is 0 Å². The molecule has 2 N–H and O–H groups in total. The SMILES string of the molecule is Cc1cc(CN)cnc1-n1cc(C(F)(F)F)cn1. The standard InChI is InChI=1S/C11H11F3N4/c1-7-2-8(3-15)4-16-10(7)18-6-9(5-17-18)11(12,13)14/h2,4-6H,3,15H2,1H3. The molecule has 0 bridgehead atoms. The Balaban J connectivity index is 2.40. The molecule has 0 radical (unpaired) electrons. The molecule has 0 spiro atoms. The first-order chi connectivity index (χ1) is 8.41. The summed E-state index contributed by atoms with van der Waals surface area (Å²) in [5.41, 5.74) is 6.19. The van der Waals surface area contributed by atoms with Gasteiger partial charge in [0.1, 0.15) is 0 Å². The van der Waals surface area contributed by atoms with Crippen molar-refractivity contribution < 1.29 is 13.2 Å². The van der Waals surface area contributed by atoms with Gasteiger partial charge in [-0.15, -0.1) is 0 Å². The molecule has 0 unspecified atom stereocenters. The van der Waals surface area contributed by atoms with Crippen molar-refractivity contribution in [1.82, 2.24) is 14.8 Å². The van der Waals surface area contributed by atoms with Gasteiger partial charge in [-0.25, -0.2) is 9.67 Å². The second-order valence-corrected chi connectivity index (χ2v) is 3.86. The fourth-order valence-electron chi connectivity index (χ4n) is 1.56. The first-order valence-corrected chi connectivity index (χ1v) is 5.19. The lowest BCUT2D eigenvalue weighted by Crippen LogP contribution is -2.05. The van der Waals surface area contributed by atoms with Crippen molar-refractivity contribution in [2.45, 2.75) is 19.6 Å². The van der Waals surface area contributed by atoms with Gasteiger partial charge in [-0.05, 0) is 24.1 Å². The van der Waals surface area contributed by atoms with Gasteiger partial charge in [0, 0.05) is 18.9 Å². The summed E-state index contributed by atoms with van der Waals surface area (Å²) in [6.07, 6.45) is -1.18. The van der Waals surface area contributed by atoms with Gasteiger partial charge in [0.05, 0.1) is 11.8 Å². The van der Waals surface area contributed by atoms with E-state index in [1.807, 2.05) is 0 Å². The van der Waals surface area contributed by atoms with E-state index in [0.29, 0.717) is 12.4 Å². The molecule has 2 aromatic heterocycles. The molecule has 0 fully saturated rings. The highest BCUT2D eigenvalue weighted by molar-refractivity contribution is 5.35. The zero-order valence-corrected chi connectivity index (χ0v) is 9.57. The van der Waals surface area contributed by atoms with Crippen LogP contribution in [-0.4, -0.2) is 14.8 Å². The fourth-order valence-corrected chi connectivity index (χ4v) is 1.56. The van der Waals surface area contributed by atoms with Crippen molar-refractivity contribution in [1.29, 1.82) is 0 Å². The maximum atomic E-state index is 12.4. The molecule has 7 heteroatoms. The van der Waals surface area contributed by atoms with Crippen LogP contribution in [0.25, 0.3) is 5.82 Å². The van der Waals surface area contributed by atoms with Crippen molar-refractivity contribution in [2.24, 2.45) is 5.73 Å². The van der Waals surface area contributed by atoms with E-state index >= 15 is 0 Å². The Kier molecular flexibility index (Phi) is 3.08. The lowest BCUT2D eigenvalue weighted by molar-refractivity contribution is -0.137. The molecule has 2 rings (SSSR count). The summed E-state index contributed by atoms with van der Waals surface area (Å²) in [6.45, 7) is 2.08. The molecular formula is C11H11F3N4. The van der Waals surface area contributed by atoms with Gasteiger partial charge in [-0.2, -0.15) is 18.3 Å². The van der Waals surface area contributed by atoms with E-state index < -0.39 is 11.7 Å². The molecule has 0 saturated heterocycles. The van der Waals surface area contributed by atoms with Crippen molar-refractivity contribution in [2.75, 3.05) is 0 Å². The molecule has 0 aliphatic carbocycles. The van der Waals surface area contributed by atoms with Crippen LogP contribution in [0.3, 0.4) is 0 Å². The van der Waals surface area contributed by atoms with Gasteiger partial charge in [0.15, 0.2) is 5.82 Å². The molecule has 0 amide bonds. The van der Waals surface area contributed by atoms with Crippen LogP contribution in [0.1, 0.15) is 16.7 Å². The number of alkyl halides is 3. The minimum absolute atomic E-state index is 0.334. The lowest BCUT2D eigenvalue weighted by atomic mass is 10.2. The number of nitrogens with zero attached hydrogens (tertiary/aromatic N) is 3. The Bertz CT molecular complexity index is 560. The molecule has 0 aromatic carbocycles. The van der Waals surface area contributed by atoms with E-state index in [1.54, 1.807) is 13.0 Å². The summed E-state index contributed by atoms with van der Waals surface area (Å²) < 4.78 is 38.4. The number of hydrogen-bond donors (Lipinski definition) is 1. The summed E-state index contributed by atoms with van der Waals surface area (Å²) in [4.78, 5) is 4.07. The van der Waals surface area contributed by atoms with Crippen LogP contribution in [0.2, 0.25) is 0 Å². The molecule has 2 heterocycles. The monoisotopic (exact) mass is 256 g/mol. The maximum absolute atomic E-state index is 12.4.